The molecular weight excluding hydrogens is 130 g/mol. The van der Waals surface area contributed by atoms with E-state index in [9.17, 15) is 0 Å². The summed E-state index contributed by atoms with van der Waals surface area (Å²) < 4.78 is 7.34. The first kappa shape index (κ1) is 7.26. The van der Waals surface area contributed by atoms with E-state index in [0.717, 1.165) is 11.8 Å². The lowest BCUT2D eigenvalue weighted by molar-refractivity contribution is 0.400. The fourth-order valence-corrected chi connectivity index (χ4v) is 2.72. The summed E-state index contributed by atoms with van der Waals surface area (Å²) in [5, 5.41) is 0. The second-order valence-corrected chi connectivity index (χ2v) is 4.62. The van der Waals surface area contributed by atoms with Gasteiger partial charge in [0.1, 0.15) is 0 Å². The van der Waals surface area contributed by atoms with Crippen LogP contribution in [0.5, 0.6) is 0 Å². The Morgan fingerprint density at radius 1 is 1.67 bits per heavy atom. The van der Waals surface area contributed by atoms with Gasteiger partial charge in [-0.25, -0.2) is 0 Å². The summed E-state index contributed by atoms with van der Waals surface area (Å²) in [7, 11) is 0.0558. The van der Waals surface area contributed by atoms with Crippen molar-refractivity contribution in [2.24, 2.45) is 11.8 Å². The molecule has 1 atom stereocenters. The van der Waals surface area contributed by atoms with Crippen LogP contribution in [0.4, 0.5) is 0 Å². The van der Waals surface area contributed by atoms with Gasteiger partial charge in [-0.3, -0.25) is 4.78 Å². The molecule has 1 fully saturated rings. The second kappa shape index (κ2) is 2.82. The van der Waals surface area contributed by atoms with Crippen LogP contribution in [0.2, 0.25) is 0 Å². The predicted molar refractivity (Wildman–Crippen MR) is 42.8 cm³/mol. The van der Waals surface area contributed by atoms with Gasteiger partial charge in [0.2, 0.25) is 0 Å². The quantitative estimate of drug-likeness (QED) is 0.615. The Balaban J connectivity index is 2.23. The third-order valence-electron chi connectivity index (χ3n) is 2.28. The zero-order valence-electron chi connectivity index (χ0n) is 6.18. The Hall–Kier alpha value is 0.150. The molecule has 1 N–H and O–H groups in total. The molecular formula is C7H15NS. The molecule has 0 aromatic rings. The minimum Gasteiger partial charge on any atom is -0.280 e. The van der Waals surface area contributed by atoms with Gasteiger partial charge >= 0.3 is 0 Å². The van der Waals surface area contributed by atoms with E-state index in [1.807, 2.05) is 0 Å². The highest BCUT2D eigenvalue weighted by atomic mass is 32.2. The number of rotatable bonds is 2. The molecule has 0 bridgehead atoms. The average Bonchev–Trinajstić information content (AvgIpc) is 1.79. The number of hydrogen-bond donors (Lipinski definition) is 1. The Kier molecular flexibility index (Phi) is 2.28. The average molecular weight is 145 g/mol. The van der Waals surface area contributed by atoms with E-state index in [0.29, 0.717) is 0 Å². The number of nitrogens with one attached hydrogen (secondary N) is 1. The van der Waals surface area contributed by atoms with Gasteiger partial charge in [-0.1, -0.05) is 20.3 Å². The maximum absolute atomic E-state index is 7.34. The van der Waals surface area contributed by atoms with Crippen molar-refractivity contribution in [3.05, 3.63) is 0 Å². The summed E-state index contributed by atoms with van der Waals surface area (Å²) in [5.41, 5.74) is 0. The highest BCUT2D eigenvalue weighted by Crippen LogP contribution is 2.25. The maximum atomic E-state index is 7.34. The highest BCUT2D eigenvalue weighted by molar-refractivity contribution is 7.87. The standard InChI is InChI=1S/C7H15NS/c1-3-6(2)7-4-9(8)5-7/h6-8H,3-5H2,1-2H3/t6?,7-,9+. The molecule has 1 aliphatic rings. The van der Waals surface area contributed by atoms with Crippen LogP contribution in [0.25, 0.3) is 0 Å². The molecule has 0 amide bonds. The largest absolute Gasteiger partial charge is 0.280 e. The first-order valence-corrected chi connectivity index (χ1v) is 5.19. The van der Waals surface area contributed by atoms with Crippen LogP contribution in [0, 0.1) is 16.6 Å². The Bertz CT molecular complexity index is 114. The molecule has 0 spiro atoms. The fourth-order valence-electron chi connectivity index (χ4n) is 1.13. The minimum absolute atomic E-state index is 0.0558. The molecule has 1 rings (SSSR count). The minimum atomic E-state index is 0.0558. The highest BCUT2D eigenvalue weighted by Gasteiger charge is 2.26. The normalized spacial score (nSPS) is 37.6. The smallest absolute Gasteiger partial charge is 0.00777 e. The molecule has 54 valence electrons. The lowest BCUT2D eigenvalue weighted by atomic mass is 9.95. The van der Waals surface area contributed by atoms with E-state index < -0.39 is 0 Å². The van der Waals surface area contributed by atoms with Crippen LogP contribution in [0.15, 0.2) is 0 Å². The summed E-state index contributed by atoms with van der Waals surface area (Å²) in [5.74, 6) is 4.15. The van der Waals surface area contributed by atoms with Gasteiger partial charge in [-0.05, 0) is 11.8 Å². The zero-order valence-corrected chi connectivity index (χ0v) is 7.00. The van der Waals surface area contributed by atoms with E-state index in [1.165, 1.54) is 17.9 Å². The molecule has 0 radical (unpaired) electrons. The van der Waals surface area contributed by atoms with Crippen LogP contribution in [0.3, 0.4) is 0 Å². The van der Waals surface area contributed by atoms with Crippen molar-refractivity contribution in [3.8, 4) is 0 Å². The van der Waals surface area contributed by atoms with Gasteiger partial charge < -0.3 is 0 Å². The summed E-state index contributed by atoms with van der Waals surface area (Å²) in [4.78, 5) is 0. The molecule has 0 aromatic heterocycles. The van der Waals surface area contributed by atoms with E-state index in [4.69, 9.17) is 4.78 Å². The molecule has 0 aromatic carbocycles. The topological polar surface area (TPSA) is 23.9 Å². The van der Waals surface area contributed by atoms with Crippen molar-refractivity contribution < 1.29 is 0 Å². The lowest BCUT2D eigenvalue weighted by Gasteiger charge is -2.32. The van der Waals surface area contributed by atoms with E-state index in [1.54, 1.807) is 0 Å². The van der Waals surface area contributed by atoms with Gasteiger partial charge in [0.15, 0.2) is 0 Å². The molecule has 1 unspecified atom stereocenters. The Labute approximate surface area is 59.7 Å². The molecule has 2 heteroatoms. The molecule has 0 saturated carbocycles. The van der Waals surface area contributed by atoms with Gasteiger partial charge in [0.25, 0.3) is 0 Å². The van der Waals surface area contributed by atoms with E-state index in [-0.39, 0.29) is 10.7 Å². The molecule has 9 heavy (non-hydrogen) atoms. The van der Waals surface area contributed by atoms with Gasteiger partial charge in [0, 0.05) is 11.5 Å². The van der Waals surface area contributed by atoms with Crippen LogP contribution >= 0.6 is 0 Å². The summed E-state index contributed by atoms with van der Waals surface area (Å²) in [6.45, 7) is 4.55. The SMILES string of the molecule is CCC(C)[C@H]1C[S@@](=N)C1. The van der Waals surface area contributed by atoms with E-state index in [2.05, 4.69) is 13.8 Å². The fraction of sp³-hybridized carbons (Fsp3) is 1.00. The molecule has 1 nitrogen and oxygen atoms in total. The second-order valence-electron chi connectivity index (χ2n) is 2.97. The van der Waals surface area contributed by atoms with E-state index >= 15 is 0 Å². The first-order chi connectivity index (χ1) is 4.24. The van der Waals surface area contributed by atoms with Crippen LogP contribution in [-0.2, 0) is 10.7 Å². The van der Waals surface area contributed by atoms with Crippen LogP contribution in [0.1, 0.15) is 20.3 Å². The van der Waals surface area contributed by atoms with Crippen LogP contribution in [-0.4, -0.2) is 11.5 Å². The van der Waals surface area contributed by atoms with Gasteiger partial charge in [-0.15, -0.1) is 10.7 Å². The van der Waals surface area contributed by atoms with Crippen molar-refractivity contribution in [1.82, 2.24) is 0 Å². The van der Waals surface area contributed by atoms with Gasteiger partial charge in [-0.2, -0.15) is 0 Å². The molecule has 0 aliphatic carbocycles. The van der Waals surface area contributed by atoms with Crippen molar-refractivity contribution in [1.29, 1.82) is 4.78 Å². The predicted octanol–water partition coefficient (Wildman–Crippen LogP) is 2.04. The monoisotopic (exact) mass is 145 g/mol. The van der Waals surface area contributed by atoms with Crippen molar-refractivity contribution in [2.75, 3.05) is 11.5 Å². The van der Waals surface area contributed by atoms with Crippen molar-refractivity contribution >= 4 is 10.7 Å². The summed E-state index contributed by atoms with van der Waals surface area (Å²) in [6, 6.07) is 0. The van der Waals surface area contributed by atoms with Crippen molar-refractivity contribution in [2.45, 2.75) is 20.3 Å². The van der Waals surface area contributed by atoms with Crippen LogP contribution < -0.4 is 0 Å². The summed E-state index contributed by atoms with van der Waals surface area (Å²) >= 11 is 0. The third kappa shape index (κ3) is 1.54. The van der Waals surface area contributed by atoms with Crippen molar-refractivity contribution in [3.63, 3.8) is 0 Å². The third-order valence-corrected chi connectivity index (χ3v) is 3.94. The number of hydrogen-bond acceptors (Lipinski definition) is 1. The molecule has 1 aliphatic heterocycles. The Morgan fingerprint density at radius 2 is 2.22 bits per heavy atom. The zero-order chi connectivity index (χ0) is 6.85. The maximum Gasteiger partial charge on any atom is 0.00777 e. The first-order valence-electron chi connectivity index (χ1n) is 3.62. The molecule has 1 saturated heterocycles. The molecule has 1 heterocycles. The lowest BCUT2D eigenvalue weighted by Crippen LogP contribution is -2.34. The Morgan fingerprint density at radius 3 is 2.56 bits per heavy atom. The summed E-state index contributed by atoms with van der Waals surface area (Å²) in [6.07, 6.45) is 1.29. The van der Waals surface area contributed by atoms with Gasteiger partial charge in [0.05, 0.1) is 0 Å².